The number of esters is 1. The second kappa shape index (κ2) is 8.33. The largest absolute Gasteiger partial charge is 0.497 e. The monoisotopic (exact) mass is 417 g/mol. The van der Waals surface area contributed by atoms with E-state index in [-0.39, 0.29) is 13.0 Å². The smallest absolute Gasteiger partial charge is 0.411 e. The molecule has 162 valence electrons. The van der Waals surface area contributed by atoms with Gasteiger partial charge in [0, 0.05) is 6.42 Å². The SMILES string of the molecule is COC(=O)C1CC(Oc2nc(C)nc3ccc(OC)cc23)CN1C(=O)OC(C)(C)C. The summed E-state index contributed by atoms with van der Waals surface area (Å²) in [6, 6.07) is 4.64. The minimum atomic E-state index is -0.793. The standard InChI is InChI=1S/C21H27N3O6/c1-12-22-16-8-7-13(27-5)9-15(16)18(23-12)29-14-10-17(19(25)28-6)24(11-14)20(26)30-21(2,3)4/h7-9,14,17H,10-11H2,1-6H3. The van der Waals surface area contributed by atoms with Crippen molar-refractivity contribution in [3.05, 3.63) is 24.0 Å². The van der Waals surface area contributed by atoms with Crippen LogP contribution in [0.3, 0.4) is 0 Å². The Morgan fingerprint density at radius 2 is 1.90 bits per heavy atom. The van der Waals surface area contributed by atoms with Gasteiger partial charge < -0.3 is 18.9 Å². The van der Waals surface area contributed by atoms with Gasteiger partial charge in [-0.1, -0.05) is 0 Å². The van der Waals surface area contributed by atoms with Crippen molar-refractivity contribution in [2.75, 3.05) is 20.8 Å². The lowest BCUT2D eigenvalue weighted by Gasteiger charge is -2.27. The molecule has 0 spiro atoms. The zero-order chi connectivity index (χ0) is 22.1. The first-order valence-corrected chi connectivity index (χ1v) is 9.67. The summed E-state index contributed by atoms with van der Waals surface area (Å²) in [6.45, 7) is 7.25. The van der Waals surface area contributed by atoms with Gasteiger partial charge in [0.1, 0.15) is 29.3 Å². The number of nitrogens with zero attached hydrogens (tertiary/aromatic N) is 3. The Kier molecular flexibility index (Phi) is 6.00. The van der Waals surface area contributed by atoms with Gasteiger partial charge in [0.15, 0.2) is 0 Å². The Hall–Kier alpha value is -3.10. The molecule has 1 aliphatic heterocycles. The van der Waals surface area contributed by atoms with E-state index >= 15 is 0 Å². The molecule has 0 bridgehead atoms. The number of carbonyl (C=O) groups is 2. The number of aryl methyl sites for hydroxylation is 1. The van der Waals surface area contributed by atoms with Gasteiger partial charge in [0.25, 0.3) is 0 Å². The predicted octanol–water partition coefficient (Wildman–Crippen LogP) is 2.88. The van der Waals surface area contributed by atoms with Crippen molar-refractivity contribution in [1.82, 2.24) is 14.9 Å². The molecule has 3 rings (SSSR count). The highest BCUT2D eigenvalue weighted by Crippen LogP contribution is 2.30. The molecule has 2 unspecified atom stereocenters. The summed E-state index contributed by atoms with van der Waals surface area (Å²) in [5, 5.41) is 0.685. The predicted molar refractivity (Wildman–Crippen MR) is 109 cm³/mol. The van der Waals surface area contributed by atoms with Gasteiger partial charge in [-0.25, -0.2) is 14.6 Å². The zero-order valence-electron chi connectivity index (χ0n) is 18.1. The van der Waals surface area contributed by atoms with Crippen molar-refractivity contribution >= 4 is 23.0 Å². The first-order chi connectivity index (χ1) is 14.1. The van der Waals surface area contributed by atoms with Gasteiger partial charge in [-0.3, -0.25) is 4.90 Å². The molecule has 2 aromatic rings. The van der Waals surface area contributed by atoms with Crippen LogP contribution in [-0.2, 0) is 14.3 Å². The second-order valence-electron chi connectivity index (χ2n) is 8.11. The first kappa shape index (κ1) is 21.6. The lowest BCUT2D eigenvalue weighted by atomic mass is 10.2. The molecule has 1 saturated heterocycles. The van der Waals surface area contributed by atoms with Gasteiger partial charge in [0.2, 0.25) is 5.88 Å². The molecule has 30 heavy (non-hydrogen) atoms. The van der Waals surface area contributed by atoms with Crippen LogP contribution in [0.2, 0.25) is 0 Å². The highest BCUT2D eigenvalue weighted by molar-refractivity contribution is 5.85. The van der Waals surface area contributed by atoms with Crippen molar-refractivity contribution in [2.45, 2.75) is 51.9 Å². The van der Waals surface area contributed by atoms with Crippen molar-refractivity contribution in [2.24, 2.45) is 0 Å². The molecule has 1 aromatic heterocycles. The second-order valence-corrected chi connectivity index (χ2v) is 8.11. The van der Waals surface area contributed by atoms with Crippen LogP contribution in [0.1, 0.15) is 33.0 Å². The van der Waals surface area contributed by atoms with E-state index in [0.717, 1.165) is 0 Å². The van der Waals surface area contributed by atoms with Crippen LogP contribution in [-0.4, -0.2) is 65.4 Å². The van der Waals surface area contributed by atoms with E-state index in [0.29, 0.717) is 28.4 Å². The maximum absolute atomic E-state index is 12.6. The molecule has 0 saturated carbocycles. The molecule has 0 aliphatic carbocycles. The Bertz CT molecular complexity index is 956. The molecule has 1 aromatic carbocycles. The molecular weight excluding hydrogens is 390 g/mol. The van der Waals surface area contributed by atoms with E-state index in [2.05, 4.69) is 9.97 Å². The average Bonchev–Trinajstić information content (AvgIpc) is 3.09. The fraction of sp³-hybridized carbons (Fsp3) is 0.524. The first-order valence-electron chi connectivity index (χ1n) is 9.67. The highest BCUT2D eigenvalue weighted by Gasteiger charge is 2.43. The fourth-order valence-corrected chi connectivity index (χ4v) is 3.33. The third kappa shape index (κ3) is 4.72. The molecule has 2 heterocycles. The van der Waals surface area contributed by atoms with Gasteiger partial charge in [-0.2, -0.15) is 4.98 Å². The molecule has 2 atom stereocenters. The van der Waals surface area contributed by atoms with Gasteiger partial charge in [0.05, 0.1) is 31.7 Å². The van der Waals surface area contributed by atoms with Crippen molar-refractivity contribution in [3.63, 3.8) is 0 Å². The van der Waals surface area contributed by atoms with E-state index in [1.165, 1.54) is 12.0 Å². The topological polar surface area (TPSA) is 100 Å². The number of benzene rings is 1. The summed E-state index contributed by atoms with van der Waals surface area (Å²) < 4.78 is 21.8. The summed E-state index contributed by atoms with van der Waals surface area (Å²) >= 11 is 0. The molecule has 1 aliphatic rings. The van der Waals surface area contributed by atoms with Crippen LogP contribution in [0.4, 0.5) is 4.79 Å². The molecule has 0 N–H and O–H groups in total. The normalized spacial score (nSPS) is 18.9. The van der Waals surface area contributed by atoms with Crippen molar-refractivity contribution < 1.29 is 28.5 Å². The lowest BCUT2D eigenvalue weighted by molar-refractivity contribution is -0.145. The zero-order valence-corrected chi connectivity index (χ0v) is 18.1. The summed E-state index contributed by atoms with van der Waals surface area (Å²) in [7, 11) is 2.87. The van der Waals surface area contributed by atoms with Crippen molar-refractivity contribution in [3.8, 4) is 11.6 Å². The Labute approximate surface area is 175 Å². The molecule has 9 heteroatoms. The van der Waals surface area contributed by atoms with Crippen molar-refractivity contribution in [1.29, 1.82) is 0 Å². The number of hydrogen-bond acceptors (Lipinski definition) is 8. The molecule has 1 amide bonds. The van der Waals surface area contributed by atoms with Crippen LogP contribution >= 0.6 is 0 Å². The average molecular weight is 417 g/mol. The van der Waals surface area contributed by atoms with E-state index < -0.39 is 29.8 Å². The van der Waals surface area contributed by atoms with Gasteiger partial charge in [-0.15, -0.1) is 0 Å². The van der Waals surface area contributed by atoms with Gasteiger partial charge >= 0.3 is 12.1 Å². The van der Waals surface area contributed by atoms with Crippen LogP contribution in [0.15, 0.2) is 18.2 Å². The number of aromatic nitrogens is 2. The highest BCUT2D eigenvalue weighted by atomic mass is 16.6. The summed E-state index contributed by atoms with van der Waals surface area (Å²) in [5.74, 6) is 1.05. The quantitative estimate of drug-likeness (QED) is 0.700. The number of amides is 1. The number of likely N-dealkylation sites (tertiary alicyclic amines) is 1. The van der Waals surface area contributed by atoms with Crippen LogP contribution in [0, 0.1) is 6.92 Å². The number of rotatable bonds is 4. The molecule has 0 radical (unpaired) electrons. The number of hydrogen-bond donors (Lipinski definition) is 0. The molecular formula is C21H27N3O6. The Morgan fingerprint density at radius 1 is 1.17 bits per heavy atom. The maximum atomic E-state index is 12.6. The summed E-state index contributed by atoms with van der Waals surface area (Å²) in [5.41, 5.74) is 0.0255. The van der Waals surface area contributed by atoms with E-state index in [1.54, 1.807) is 40.9 Å². The van der Waals surface area contributed by atoms with E-state index in [1.807, 2.05) is 12.1 Å². The van der Waals surface area contributed by atoms with Crippen LogP contribution < -0.4 is 9.47 Å². The van der Waals surface area contributed by atoms with Gasteiger partial charge in [-0.05, 0) is 45.9 Å². The Morgan fingerprint density at radius 3 is 2.53 bits per heavy atom. The number of fused-ring (bicyclic) bond motifs is 1. The number of methoxy groups -OCH3 is 2. The lowest BCUT2D eigenvalue weighted by Crippen LogP contribution is -2.44. The fourth-order valence-electron chi connectivity index (χ4n) is 3.33. The van der Waals surface area contributed by atoms with E-state index in [4.69, 9.17) is 18.9 Å². The number of carbonyl (C=O) groups excluding carboxylic acids is 2. The summed E-state index contributed by atoms with van der Waals surface area (Å²) in [6.07, 6.45) is -0.792. The Balaban J connectivity index is 1.88. The van der Waals surface area contributed by atoms with E-state index in [9.17, 15) is 9.59 Å². The minimum Gasteiger partial charge on any atom is -0.497 e. The minimum absolute atomic E-state index is 0.170. The molecule has 1 fully saturated rings. The third-order valence-corrected chi connectivity index (χ3v) is 4.62. The van der Waals surface area contributed by atoms with Crippen LogP contribution in [0.25, 0.3) is 10.9 Å². The van der Waals surface area contributed by atoms with Crippen LogP contribution in [0.5, 0.6) is 11.6 Å². The molecule has 9 nitrogen and oxygen atoms in total. The maximum Gasteiger partial charge on any atom is 0.411 e. The third-order valence-electron chi connectivity index (χ3n) is 4.62. The number of ether oxygens (including phenoxy) is 4. The summed E-state index contributed by atoms with van der Waals surface area (Å²) in [4.78, 5) is 35.1.